The molecule has 1 aromatic rings. The molecule has 1 saturated heterocycles. The van der Waals surface area contributed by atoms with E-state index in [0.29, 0.717) is 18.8 Å². The molecular formula is C12H13NO5. The van der Waals surface area contributed by atoms with Gasteiger partial charge in [-0.2, -0.15) is 0 Å². The molecule has 0 aromatic heterocycles. The fourth-order valence-corrected chi connectivity index (χ4v) is 1.89. The number of hydrogen-bond acceptors (Lipinski definition) is 5. The minimum absolute atomic E-state index is 0.00283. The number of carbonyl (C=O) groups excluding carboxylic acids is 1. The predicted octanol–water partition coefficient (Wildman–Crippen LogP) is 1.77. The lowest BCUT2D eigenvalue weighted by Crippen LogP contribution is -2.05. The Labute approximate surface area is 104 Å². The van der Waals surface area contributed by atoms with Gasteiger partial charge in [0, 0.05) is 12.5 Å². The van der Waals surface area contributed by atoms with E-state index in [4.69, 9.17) is 9.47 Å². The maximum Gasteiger partial charge on any atom is 0.277 e. The number of Topliss-reactive ketones (excluding diaryl/α,β-unsaturated/α-hetero) is 1. The van der Waals surface area contributed by atoms with Crippen molar-refractivity contribution >= 4 is 11.5 Å². The maximum atomic E-state index is 11.1. The average molecular weight is 251 g/mol. The average Bonchev–Trinajstić information content (AvgIpc) is 2.80. The molecule has 0 atom stereocenters. The lowest BCUT2D eigenvalue weighted by molar-refractivity contribution is -0.386. The summed E-state index contributed by atoms with van der Waals surface area (Å²) in [5, 5.41) is 10.9. The molecule has 18 heavy (non-hydrogen) atoms. The van der Waals surface area contributed by atoms with Crippen molar-refractivity contribution in [3.8, 4) is 0 Å². The van der Waals surface area contributed by atoms with Gasteiger partial charge in [0.05, 0.1) is 23.7 Å². The van der Waals surface area contributed by atoms with Crippen LogP contribution in [-0.2, 0) is 20.7 Å². The second kappa shape index (κ2) is 5.24. The van der Waals surface area contributed by atoms with Gasteiger partial charge in [-0.05, 0) is 18.6 Å². The van der Waals surface area contributed by atoms with Crippen molar-refractivity contribution in [2.75, 3.05) is 13.2 Å². The molecule has 6 nitrogen and oxygen atoms in total. The van der Waals surface area contributed by atoms with Crippen LogP contribution in [0.3, 0.4) is 0 Å². The third-order valence-corrected chi connectivity index (χ3v) is 2.62. The predicted molar refractivity (Wildman–Crippen MR) is 62.1 cm³/mol. The van der Waals surface area contributed by atoms with Crippen LogP contribution >= 0.6 is 0 Å². The molecule has 1 aliphatic heterocycles. The summed E-state index contributed by atoms with van der Waals surface area (Å²) in [5.74, 6) is 0.00283. The SMILES string of the molecule is CC(=O)Cc1ccc([N+](=O)[O-])c(C2OCCO2)c1. The van der Waals surface area contributed by atoms with Crippen LogP contribution in [0.25, 0.3) is 0 Å². The fraction of sp³-hybridized carbons (Fsp3) is 0.417. The van der Waals surface area contributed by atoms with Gasteiger partial charge in [-0.1, -0.05) is 6.07 Å². The van der Waals surface area contributed by atoms with Gasteiger partial charge in [0.15, 0.2) is 6.29 Å². The normalized spacial score (nSPS) is 15.8. The van der Waals surface area contributed by atoms with E-state index in [1.165, 1.54) is 13.0 Å². The Morgan fingerprint density at radius 2 is 2.11 bits per heavy atom. The highest BCUT2D eigenvalue weighted by Crippen LogP contribution is 2.32. The quantitative estimate of drug-likeness (QED) is 0.602. The van der Waals surface area contributed by atoms with E-state index in [2.05, 4.69) is 0 Å². The Morgan fingerprint density at radius 1 is 1.44 bits per heavy atom. The standard InChI is InChI=1S/C12H13NO5/c1-8(14)6-9-2-3-11(13(15)16)10(7-9)12-17-4-5-18-12/h2-3,7,12H,4-6H2,1H3. The van der Waals surface area contributed by atoms with Gasteiger partial charge in [0.1, 0.15) is 5.78 Å². The van der Waals surface area contributed by atoms with E-state index < -0.39 is 11.2 Å². The lowest BCUT2D eigenvalue weighted by Gasteiger charge is -2.11. The monoisotopic (exact) mass is 251 g/mol. The molecule has 0 saturated carbocycles. The molecule has 0 spiro atoms. The Kier molecular flexibility index (Phi) is 3.69. The van der Waals surface area contributed by atoms with Crippen LogP contribution in [0, 0.1) is 10.1 Å². The summed E-state index contributed by atoms with van der Waals surface area (Å²) in [6.45, 7) is 2.31. The molecule has 1 heterocycles. The van der Waals surface area contributed by atoms with Crippen LogP contribution in [0.15, 0.2) is 18.2 Å². The number of rotatable bonds is 4. The molecule has 2 rings (SSSR count). The van der Waals surface area contributed by atoms with Crippen molar-refractivity contribution in [2.24, 2.45) is 0 Å². The summed E-state index contributed by atoms with van der Waals surface area (Å²) >= 11 is 0. The molecule has 96 valence electrons. The Morgan fingerprint density at radius 3 is 2.67 bits per heavy atom. The molecule has 0 radical (unpaired) electrons. The molecule has 0 amide bonds. The van der Waals surface area contributed by atoms with Crippen LogP contribution in [0.5, 0.6) is 0 Å². The number of benzene rings is 1. The van der Waals surface area contributed by atoms with Gasteiger partial charge < -0.3 is 9.47 Å². The summed E-state index contributed by atoms with van der Waals surface area (Å²) in [7, 11) is 0. The zero-order valence-corrected chi connectivity index (χ0v) is 9.92. The number of carbonyl (C=O) groups is 1. The van der Waals surface area contributed by atoms with E-state index in [-0.39, 0.29) is 17.9 Å². The molecule has 0 unspecified atom stereocenters. The molecule has 6 heteroatoms. The van der Waals surface area contributed by atoms with E-state index in [1.54, 1.807) is 12.1 Å². The van der Waals surface area contributed by atoms with E-state index in [0.717, 1.165) is 5.56 Å². The molecule has 1 fully saturated rings. The van der Waals surface area contributed by atoms with Crippen LogP contribution in [0.2, 0.25) is 0 Å². The summed E-state index contributed by atoms with van der Waals surface area (Å²) in [6.07, 6.45) is -0.463. The third-order valence-electron chi connectivity index (χ3n) is 2.62. The first kappa shape index (κ1) is 12.7. The Hall–Kier alpha value is -1.79. The first-order valence-corrected chi connectivity index (χ1v) is 5.58. The van der Waals surface area contributed by atoms with Crippen molar-refractivity contribution in [2.45, 2.75) is 19.6 Å². The fourth-order valence-electron chi connectivity index (χ4n) is 1.89. The lowest BCUT2D eigenvalue weighted by atomic mass is 10.0. The van der Waals surface area contributed by atoms with Crippen LogP contribution in [-0.4, -0.2) is 23.9 Å². The van der Waals surface area contributed by atoms with Crippen molar-refractivity contribution in [1.29, 1.82) is 0 Å². The first-order valence-electron chi connectivity index (χ1n) is 5.58. The van der Waals surface area contributed by atoms with Crippen molar-refractivity contribution < 1.29 is 19.2 Å². The number of nitro groups is 1. The van der Waals surface area contributed by atoms with Crippen molar-refractivity contribution in [1.82, 2.24) is 0 Å². The highest BCUT2D eigenvalue weighted by molar-refractivity contribution is 5.78. The second-order valence-corrected chi connectivity index (χ2v) is 4.10. The largest absolute Gasteiger partial charge is 0.346 e. The van der Waals surface area contributed by atoms with E-state index in [1.807, 2.05) is 0 Å². The summed E-state index contributed by atoms with van der Waals surface area (Å²) in [6, 6.07) is 4.58. The number of nitrogens with zero attached hydrogens (tertiary/aromatic N) is 1. The van der Waals surface area contributed by atoms with Crippen LogP contribution < -0.4 is 0 Å². The molecule has 0 aliphatic carbocycles. The van der Waals surface area contributed by atoms with Crippen LogP contribution in [0.1, 0.15) is 24.3 Å². The summed E-state index contributed by atoms with van der Waals surface area (Å²) in [4.78, 5) is 21.5. The van der Waals surface area contributed by atoms with Gasteiger partial charge >= 0.3 is 0 Å². The summed E-state index contributed by atoms with van der Waals surface area (Å²) < 4.78 is 10.6. The van der Waals surface area contributed by atoms with Crippen molar-refractivity contribution in [3.63, 3.8) is 0 Å². The zero-order valence-electron chi connectivity index (χ0n) is 9.92. The van der Waals surface area contributed by atoms with Gasteiger partial charge in [-0.3, -0.25) is 14.9 Å². The maximum absolute atomic E-state index is 11.1. The van der Waals surface area contributed by atoms with E-state index in [9.17, 15) is 14.9 Å². The number of ketones is 1. The molecule has 0 bridgehead atoms. The Balaban J connectivity index is 2.37. The number of nitro benzene ring substituents is 1. The molecular weight excluding hydrogens is 238 g/mol. The third kappa shape index (κ3) is 2.72. The second-order valence-electron chi connectivity index (χ2n) is 4.10. The molecule has 1 aromatic carbocycles. The topological polar surface area (TPSA) is 78.7 Å². The Bertz CT molecular complexity index is 479. The van der Waals surface area contributed by atoms with Gasteiger partial charge in [0.2, 0.25) is 0 Å². The minimum atomic E-state index is -0.711. The van der Waals surface area contributed by atoms with E-state index >= 15 is 0 Å². The molecule has 1 aliphatic rings. The van der Waals surface area contributed by atoms with Gasteiger partial charge in [-0.15, -0.1) is 0 Å². The first-order chi connectivity index (χ1) is 8.58. The van der Waals surface area contributed by atoms with Crippen LogP contribution in [0.4, 0.5) is 5.69 Å². The number of ether oxygens (including phenoxy) is 2. The van der Waals surface area contributed by atoms with Gasteiger partial charge in [-0.25, -0.2) is 0 Å². The number of hydrogen-bond donors (Lipinski definition) is 0. The van der Waals surface area contributed by atoms with Gasteiger partial charge in [0.25, 0.3) is 5.69 Å². The highest BCUT2D eigenvalue weighted by Gasteiger charge is 2.27. The molecule has 0 N–H and O–H groups in total. The zero-order chi connectivity index (χ0) is 13.1. The smallest absolute Gasteiger partial charge is 0.277 e. The minimum Gasteiger partial charge on any atom is -0.346 e. The summed E-state index contributed by atoms with van der Waals surface area (Å²) in [5.41, 5.74) is 1.05. The highest BCUT2D eigenvalue weighted by atomic mass is 16.7. The van der Waals surface area contributed by atoms with Crippen molar-refractivity contribution in [3.05, 3.63) is 39.4 Å².